The third-order valence-corrected chi connectivity index (χ3v) is 2.58. The highest BCUT2D eigenvalue weighted by Gasteiger charge is 2.17. The number of hydrogen-bond acceptors (Lipinski definition) is 3. The van der Waals surface area contributed by atoms with E-state index in [0.717, 1.165) is 18.8 Å². The van der Waals surface area contributed by atoms with Crippen LogP contribution in [-0.2, 0) is 13.1 Å². The molecular weight excluding hydrogens is 194 g/mol. The normalized spacial score (nSPS) is 13.3. The molecule has 0 atom stereocenters. The van der Waals surface area contributed by atoms with Gasteiger partial charge in [0.15, 0.2) is 11.3 Å². The second-order valence-corrected chi connectivity index (χ2v) is 3.56. The molecule has 0 saturated carbocycles. The van der Waals surface area contributed by atoms with E-state index in [-0.39, 0.29) is 11.3 Å². The van der Waals surface area contributed by atoms with Gasteiger partial charge in [0.05, 0.1) is 11.9 Å². The highest BCUT2D eigenvalue weighted by atomic mass is 16.3. The number of aromatic hydroxyl groups is 1. The molecule has 0 amide bonds. The fraction of sp³-hybridized carbons (Fsp3) is 0.200. The second-order valence-electron chi connectivity index (χ2n) is 3.56. The Kier molecular flexibility index (Phi) is 1.50. The quantitative estimate of drug-likeness (QED) is 0.675. The summed E-state index contributed by atoms with van der Waals surface area (Å²) in [7, 11) is 0. The first kappa shape index (κ1) is 8.28. The van der Waals surface area contributed by atoms with Gasteiger partial charge in [0.25, 0.3) is 0 Å². The molecule has 76 valence electrons. The Labute approximate surface area is 85.2 Å². The van der Waals surface area contributed by atoms with Gasteiger partial charge >= 0.3 is 0 Å². The highest BCUT2D eigenvalue weighted by molar-refractivity contribution is 5.52. The molecule has 2 aromatic heterocycles. The zero-order chi connectivity index (χ0) is 10.4. The van der Waals surface area contributed by atoms with E-state index in [2.05, 4.69) is 4.98 Å². The summed E-state index contributed by atoms with van der Waals surface area (Å²) in [6.07, 6.45) is 3.34. The van der Waals surface area contributed by atoms with Crippen LogP contribution in [0.1, 0.15) is 0 Å². The van der Waals surface area contributed by atoms with Crippen molar-refractivity contribution >= 4 is 0 Å². The Bertz CT molecular complexity index is 583. The molecule has 5 nitrogen and oxygen atoms in total. The largest absolute Gasteiger partial charge is 0.492 e. The van der Waals surface area contributed by atoms with Gasteiger partial charge in [-0.05, 0) is 0 Å². The van der Waals surface area contributed by atoms with Gasteiger partial charge in [0, 0.05) is 31.4 Å². The van der Waals surface area contributed by atoms with Crippen molar-refractivity contribution in [2.75, 3.05) is 0 Å². The lowest BCUT2D eigenvalue weighted by Crippen LogP contribution is -2.19. The molecule has 0 aliphatic carbocycles. The van der Waals surface area contributed by atoms with Crippen LogP contribution in [0.3, 0.4) is 0 Å². The molecule has 0 spiro atoms. The van der Waals surface area contributed by atoms with Crippen molar-refractivity contribution in [3.05, 3.63) is 34.7 Å². The van der Waals surface area contributed by atoms with Crippen LogP contribution in [0.2, 0.25) is 0 Å². The maximum atomic E-state index is 11.2. The minimum Gasteiger partial charge on any atom is -0.492 e. The molecule has 0 bridgehead atoms. The Hall–Kier alpha value is -2.04. The van der Waals surface area contributed by atoms with E-state index < -0.39 is 0 Å². The summed E-state index contributed by atoms with van der Waals surface area (Å²) < 4.78 is 3.81. The van der Waals surface area contributed by atoms with Crippen LogP contribution in [0.25, 0.3) is 11.5 Å². The third-order valence-electron chi connectivity index (χ3n) is 2.58. The smallest absolute Gasteiger partial charge is 0.229 e. The van der Waals surface area contributed by atoms with Gasteiger partial charge in [0.1, 0.15) is 0 Å². The Morgan fingerprint density at radius 3 is 3.00 bits per heavy atom. The molecule has 0 radical (unpaired) electrons. The van der Waals surface area contributed by atoms with Gasteiger partial charge in [0.2, 0.25) is 5.88 Å². The van der Waals surface area contributed by atoms with Gasteiger partial charge in [-0.1, -0.05) is 0 Å². The monoisotopic (exact) mass is 203 g/mol. The molecule has 3 heterocycles. The SMILES string of the molecule is O=c1ccn2c(c1)-c1nc(O)cn1CC2. The van der Waals surface area contributed by atoms with Gasteiger partial charge in [-0.3, -0.25) is 4.79 Å². The fourth-order valence-electron chi connectivity index (χ4n) is 1.89. The summed E-state index contributed by atoms with van der Waals surface area (Å²) in [5, 5.41) is 9.30. The van der Waals surface area contributed by atoms with E-state index in [1.165, 1.54) is 12.1 Å². The number of pyridine rings is 1. The topological polar surface area (TPSA) is 60.1 Å². The van der Waals surface area contributed by atoms with E-state index in [1.807, 2.05) is 9.13 Å². The van der Waals surface area contributed by atoms with Crippen LogP contribution in [0.4, 0.5) is 0 Å². The molecule has 2 aromatic rings. The van der Waals surface area contributed by atoms with Crippen LogP contribution in [0.15, 0.2) is 29.3 Å². The molecule has 1 N–H and O–H groups in total. The highest BCUT2D eigenvalue weighted by Crippen LogP contribution is 2.24. The minimum atomic E-state index is -0.0443. The zero-order valence-corrected chi connectivity index (χ0v) is 7.92. The maximum Gasteiger partial charge on any atom is 0.229 e. The standard InChI is InChI=1S/C10H9N3O2/c14-7-1-2-12-3-4-13-6-9(15)11-10(13)8(12)5-7/h1-2,5-6,15H,3-4H2. The summed E-state index contributed by atoms with van der Waals surface area (Å²) >= 11 is 0. The number of aromatic nitrogens is 3. The summed E-state index contributed by atoms with van der Waals surface area (Å²) in [6.45, 7) is 1.55. The molecule has 1 aliphatic heterocycles. The van der Waals surface area contributed by atoms with Crippen molar-refractivity contribution in [2.45, 2.75) is 13.1 Å². The van der Waals surface area contributed by atoms with Crippen molar-refractivity contribution in [1.29, 1.82) is 0 Å². The Morgan fingerprint density at radius 2 is 2.13 bits per heavy atom. The average molecular weight is 203 g/mol. The van der Waals surface area contributed by atoms with Crippen molar-refractivity contribution in [3.8, 4) is 17.4 Å². The molecule has 0 fully saturated rings. The summed E-state index contributed by atoms with van der Waals surface area (Å²) in [5.74, 6) is 0.645. The molecule has 1 aliphatic rings. The first-order valence-corrected chi connectivity index (χ1v) is 4.71. The van der Waals surface area contributed by atoms with Gasteiger partial charge in [-0.25, -0.2) is 0 Å². The molecule has 0 saturated heterocycles. The van der Waals surface area contributed by atoms with E-state index in [4.69, 9.17) is 0 Å². The van der Waals surface area contributed by atoms with Crippen molar-refractivity contribution < 1.29 is 5.11 Å². The van der Waals surface area contributed by atoms with Crippen LogP contribution in [0, 0.1) is 0 Å². The number of nitrogens with zero attached hydrogens (tertiary/aromatic N) is 3. The van der Waals surface area contributed by atoms with Crippen molar-refractivity contribution in [2.24, 2.45) is 0 Å². The average Bonchev–Trinajstić information content (AvgIpc) is 2.58. The van der Waals surface area contributed by atoms with E-state index in [0.29, 0.717) is 5.82 Å². The third kappa shape index (κ3) is 1.16. The number of rotatable bonds is 0. The minimum absolute atomic E-state index is 0.00486. The predicted octanol–water partition coefficient (Wildman–Crippen LogP) is 0.431. The molecule has 0 aromatic carbocycles. The summed E-state index contributed by atoms with van der Waals surface area (Å²) in [4.78, 5) is 15.2. The fourth-order valence-corrected chi connectivity index (χ4v) is 1.89. The van der Waals surface area contributed by atoms with E-state index >= 15 is 0 Å². The maximum absolute atomic E-state index is 11.2. The van der Waals surface area contributed by atoms with Crippen molar-refractivity contribution in [1.82, 2.24) is 14.1 Å². The lowest BCUT2D eigenvalue weighted by molar-refractivity contribution is 0.455. The van der Waals surface area contributed by atoms with E-state index in [9.17, 15) is 9.90 Å². The second kappa shape index (κ2) is 2.73. The lowest BCUT2D eigenvalue weighted by atomic mass is 10.2. The van der Waals surface area contributed by atoms with E-state index in [1.54, 1.807) is 12.4 Å². The number of aryl methyl sites for hydroxylation is 2. The summed E-state index contributed by atoms with van der Waals surface area (Å²) in [5.41, 5.74) is 0.714. The molecule has 3 rings (SSSR count). The molecule has 15 heavy (non-hydrogen) atoms. The first-order chi connectivity index (χ1) is 7.24. The van der Waals surface area contributed by atoms with Crippen LogP contribution >= 0.6 is 0 Å². The number of hydrogen-bond donors (Lipinski definition) is 1. The van der Waals surface area contributed by atoms with Gasteiger partial charge in [-0.2, -0.15) is 4.98 Å². The van der Waals surface area contributed by atoms with Gasteiger partial charge < -0.3 is 14.2 Å². The molecular formula is C10H9N3O2. The molecule has 5 heteroatoms. The number of fused-ring (bicyclic) bond motifs is 3. The van der Waals surface area contributed by atoms with Crippen molar-refractivity contribution in [3.63, 3.8) is 0 Å². The predicted molar refractivity (Wildman–Crippen MR) is 53.6 cm³/mol. The van der Waals surface area contributed by atoms with Crippen LogP contribution in [-0.4, -0.2) is 19.2 Å². The Balaban J connectivity index is 2.32. The summed E-state index contributed by atoms with van der Waals surface area (Å²) in [6, 6.07) is 3.07. The van der Waals surface area contributed by atoms with Crippen LogP contribution < -0.4 is 5.43 Å². The number of imidazole rings is 1. The first-order valence-electron chi connectivity index (χ1n) is 4.71. The Morgan fingerprint density at radius 1 is 1.33 bits per heavy atom. The lowest BCUT2D eigenvalue weighted by Gasteiger charge is -2.19. The van der Waals surface area contributed by atoms with Crippen LogP contribution in [0.5, 0.6) is 5.88 Å². The molecule has 0 unspecified atom stereocenters. The van der Waals surface area contributed by atoms with Gasteiger partial charge in [-0.15, -0.1) is 0 Å². The zero-order valence-electron chi connectivity index (χ0n) is 7.92.